The van der Waals surface area contributed by atoms with Crippen molar-refractivity contribution in [3.63, 3.8) is 0 Å². The number of rotatable bonds is 8. The number of hydrogen-bond donors (Lipinski definition) is 1. The van der Waals surface area contributed by atoms with Crippen molar-refractivity contribution in [3.05, 3.63) is 24.0 Å². The zero-order valence-electron chi connectivity index (χ0n) is 18.5. The molecular weight excluding hydrogens is 412 g/mol. The van der Waals surface area contributed by atoms with E-state index in [1.807, 2.05) is 6.07 Å². The Bertz CT molecular complexity index is 1020. The molecular formula is C23H34N4O3S. The molecule has 2 aromatic rings. The third-order valence-corrected chi connectivity index (χ3v) is 8.39. The number of nitrogens with zero attached hydrogens (tertiary/aromatic N) is 3. The molecule has 1 N–H and O–H groups in total. The van der Waals surface area contributed by atoms with E-state index in [-0.39, 0.29) is 5.91 Å². The minimum absolute atomic E-state index is 0.0827. The number of amides is 1. The van der Waals surface area contributed by atoms with Gasteiger partial charge in [0.15, 0.2) is 0 Å². The normalized spacial score (nSPS) is 18.6. The molecule has 1 aliphatic heterocycles. The Hall–Kier alpha value is -1.93. The van der Waals surface area contributed by atoms with Crippen molar-refractivity contribution in [1.82, 2.24) is 19.2 Å². The summed E-state index contributed by atoms with van der Waals surface area (Å²) in [5.41, 5.74) is 1.63. The molecule has 31 heavy (non-hydrogen) atoms. The predicted octanol–water partition coefficient (Wildman–Crippen LogP) is 3.61. The number of hydrogen-bond acceptors (Lipinski definition) is 4. The van der Waals surface area contributed by atoms with Gasteiger partial charge in [0.1, 0.15) is 5.82 Å². The van der Waals surface area contributed by atoms with Crippen LogP contribution in [0.25, 0.3) is 11.0 Å². The molecule has 0 bridgehead atoms. The molecule has 2 fully saturated rings. The zero-order chi connectivity index (χ0) is 21.8. The number of aryl methyl sites for hydroxylation is 2. The summed E-state index contributed by atoms with van der Waals surface area (Å²) in [4.78, 5) is 17.5. The van der Waals surface area contributed by atoms with Crippen LogP contribution in [-0.2, 0) is 27.8 Å². The molecule has 7 nitrogen and oxygen atoms in total. The molecule has 2 aliphatic rings. The van der Waals surface area contributed by atoms with Crippen molar-refractivity contribution >= 4 is 27.0 Å². The molecule has 1 aromatic carbocycles. The molecule has 1 aromatic heterocycles. The van der Waals surface area contributed by atoms with Crippen LogP contribution in [0.1, 0.15) is 70.5 Å². The van der Waals surface area contributed by atoms with Gasteiger partial charge in [-0.1, -0.05) is 26.2 Å². The largest absolute Gasteiger partial charge is 0.353 e. The number of imidazole rings is 1. The number of aromatic nitrogens is 2. The van der Waals surface area contributed by atoms with Crippen molar-refractivity contribution < 1.29 is 13.2 Å². The Kier molecular flexibility index (Phi) is 6.96. The van der Waals surface area contributed by atoms with Gasteiger partial charge in [-0.3, -0.25) is 4.79 Å². The Labute approximate surface area is 185 Å². The summed E-state index contributed by atoms with van der Waals surface area (Å²) in [6, 6.07) is 5.57. The highest BCUT2D eigenvalue weighted by molar-refractivity contribution is 7.89. The van der Waals surface area contributed by atoms with Crippen molar-refractivity contribution in [1.29, 1.82) is 0 Å². The zero-order valence-corrected chi connectivity index (χ0v) is 19.3. The third-order valence-electron chi connectivity index (χ3n) is 6.49. The second-order valence-corrected chi connectivity index (χ2v) is 10.8. The molecule has 1 saturated heterocycles. The van der Waals surface area contributed by atoms with E-state index in [1.165, 1.54) is 19.3 Å². The van der Waals surface area contributed by atoms with Gasteiger partial charge in [-0.2, -0.15) is 4.31 Å². The highest BCUT2D eigenvalue weighted by Crippen LogP contribution is 2.26. The maximum Gasteiger partial charge on any atom is 0.243 e. The van der Waals surface area contributed by atoms with Crippen molar-refractivity contribution in [2.75, 3.05) is 13.1 Å². The molecule has 0 radical (unpaired) electrons. The molecule has 4 rings (SSSR count). The molecule has 0 atom stereocenters. The Balaban J connectivity index is 1.52. The van der Waals surface area contributed by atoms with Crippen LogP contribution < -0.4 is 5.32 Å². The summed E-state index contributed by atoms with van der Waals surface area (Å²) in [5, 5.41) is 3.17. The van der Waals surface area contributed by atoms with Gasteiger partial charge >= 0.3 is 0 Å². The summed E-state index contributed by atoms with van der Waals surface area (Å²) in [6.07, 6.45) is 9.55. The first-order chi connectivity index (χ1) is 15.0. The molecule has 8 heteroatoms. The van der Waals surface area contributed by atoms with E-state index in [0.29, 0.717) is 42.4 Å². The van der Waals surface area contributed by atoms with Crippen LogP contribution >= 0.6 is 0 Å². The average Bonchev–Trinajstić information content (AvgIpc) is 3.42. The lowest BCUT2D eigenvalue weighted by molar-refractivity contribution is -0.122. The Morgan fingerprint density at radius 2 is 1.87 bits per heavy atom. The number of nitrogens with one attached hydrogen (secondary N) is 1. The fraction of sp³-hybridized carbons (Fsp3) is 0.652. The quantitative estimate of drug-likeness (QED) is 0.671. The number of fused-ring (bicyclic) bond motifs is 1. The van der Waals surface area contributed by atoms with E-state index < -0.39 is 10.0 Å². The maximum atomic E-state index is 12.9. The number of benzene rings is 1. The molecule has 2 heterocycles. The van der Waals surface area contributed by atoms with Gasteiger partial charge in [-0.15, -0.1) is 0 Å². The first-order valence-electron chi connectivity index (χ1n) is 11.8. The number of carbonyl (C=O) groups excluding carboxylic acids is 1. The van der Waals surface area contributed by atoms with E-state index in [0.717, 1.165) is 50.0 Å². The standard InChI is InChI=1S/C23H34N4O3S/c1-2-14-27-21-11-10-19(31(29,30)26-15-6-7-16-26)17-20(21)25-22(27)12-13-23(28)24-18-8-4-3-5-9-18/h10-11,17-18H,2-9,12-16H2,1H3,(H,24,28). The van der Waals surface area contributed by atoms with Crippen LogP contribution in [0.3, 0.4) is 0 Å². The maximum absolute atomic E-state index is 12.9. The lowest BCUT2D eigenvalue weighted by Gasteiger charge is -2.22. The molecule has 0 unspecified atom stereocenters. The van der Waals surface area contributed by atoms with Crippen molar-refractivity contribution in [2.45, 2.75) is 88.6 Å². The SMILES string of the molecule is CCCn1c(CCC(=O)NC2CCCCC2)nc2cc(S(=O)(=O)N3CCCC3)ccc21. The van der Waals surface area contributed by atoms with Gasteiger partial charge in [0.2, 0.25) is 15.9 Å². The minimum atomic E-state index is -3.47. The highest BCUT2D eigenvalue weighted by Gasteiger charge is 2.28. The summed E-state index contributed by atoms with van der Waals surface area (Å²) >= 11 is 0. The summed E-state index contributed by atoms with van der Waals surface area (Å²) < 4.78 is 29.6. The van der Waals surface area contributed by atoms with Gasteiger partial charge in [0.25, 0.3) is 0 Å². The van der Waals surface area contributed by atoms with Gasteiger partial charge in [-0.25, -0.2) is 13.4 Å². The second-order valence-electron chi connectivity index (χ2n) is 8.84. The van der Waals surface area contributed by atoms with Crippen LogP contribution in [-0.4, -0.2) is 47.3 Å². The van der Waals surface area contributed by atoms with Gasteiger partial charge in [-0.05, 0) is 50.3 Å². The Morgan fingerprint density at radius 1 is 1.13 bits per heavy atom. The molecule has 1 aliphatic carbocycles. The van der Waals surface area contributed by atoms with E-state index in [2.05, 4.69) is 16.8 Å². The van der Waals surface area contributed by atoms with Crippen LogP contribution in [0.15, 0.2) is 23.1 Å². The smallest absolute Gasteiger partial charge is 0.243 e. The van der Waals surface area contributed by atoms with Crippen LogP contribution in [0, 0.1) is 0 Å². The third kappa shape index (κ3) is 4.95. The van der Waals surface area contributed by atoms with E-state index in [1.54, 1.807) is 16.4 Å². The Morgan fingerprint density at radius 3 is 2.58 bits per heavy atom. The monoisotopic (exact) mass is 446 g/mol. The second kappa shape index (κ2) is 9.69. The van der Waals surface area contributed by atoms with Crippen LogP contribution in [0.4, 0.5) is 0 Å². The van der Waals surface area contributed by atoms with Crippen molar-refractivity contribution in [2.24, 2.45) is 0 Å². The first kappa shape index (κ1) is 22.3. The molecule has 0 spiro atoms. The topological polar surface area (TPSA) is 84.3 Å². The fourth-order valence-corrected chi connectivity index (χ4v) is 6.37. The van der Waals surface area contributed by atoms with Gasteiger partial charge < -0.3 is 9.88 Å². The summed E-state index contributed by atoms with van der Waals surface area (Å²) in [5.74, 6) is 0.936. The number of sulfonamides is 1. The minimum Gasteiger partial charge on any atom is -0.353 e. The van der Waals surface area contributed by atoms with E-state index >= 15 is 0 Å². The fourth-order valence-electron chi connectivity index (χ4n) is 4.83. The van der Waals surface area contributed by atoms with E-state index in [4.69, 9.17) is 4.98 Å². The van der Waals surface area contributed by atoms with Crippen LogP contribution in [0.5, 0.6) is 0 Å². The lowest BCUT2D eigenvalue weighted by atomic mass is 9.95. The van der Waals surface area contributed by atoms with E-state index in [9.17, 15) is 13.2 Å². The highest BCUT2D eigenvalue weighted by atomic mass is 32.2. The average molecular weight is 447 g/mol. The molecule has 170 valence electrons. The molecule has 1 amide bonds. The predicted molar refractivity (Wildman–Crippen MR) is 121 cm³/mol. The van der Waals surface area contributed by atoms with Crippen LogP contribution in [0.2, 0.25) is 0 Å². The summed E-state index contributed by atoms with van der Waals surface area (Å²) in [7, 11) is -3.47. The molecule has 1 saturated carbocycles. The van der Waals surface area contributed by atoms with Gasteiger partial charge in [0.05, 0.1) is 15.9 Å². The number of carbonyl (C=O) groups is 1. The first-order valence-corrected chi connectivity index (χ1v) is 13.2. The summed E-state index contributed by atoms with van der Waals surface area (Å²) in [6.45, 7) is 4.09. The van der Waals surface area contributed by atoms with Crippen molar-refractivity contribution in [3.8, 4) is 0 Å². The lowest BCUT2D eigenvalue weighted by Crippen LogP contribution is -2.36. The van der Waals surface area contributed by atoms with Gasteiger partial charge in [0, 0.05) is 38.5 Å².